The van der Waals surface area contributed by atoms with Gasteiger partial charge in [0.25, 0.3) is 0 Å². The molecular formula is C32H45N3O. The Bertz CT molecular complexity index is 1010. The maximum Gasteiger partial charge on any atom is 0.119 e. The molecule has 1 N–H and O–H groups in total. The van der Waals surface area contributed by atoms with Gasteiger partial charge < -0.3 is 19.9 Å². The molecule has 0 saturated carbocycles. The number of likely N-dealkylation sites (tertiary alicyclic amines) is 2. The Kier molecular flexibility index (Phi) is 9.92. The average molecular weight is 488 g/mol. The zero-order valence-corrected chi connectivity index (χ0v) is 22.6. The van der Waals surface area contributed by atoms with Gasteiger partial charge in [-0.05, 0) is 75.3 Å². The normalized spacial score (nSPS) is 17.6. The van der Waals surface area contributed by atoms with E-state index in [0.29, 0.717) is 5.92 Å². The lowest BCUT2D eigenvalue weighted by atomic mass is 9.88. The fourth-order valence-corrected chi connectivity index (χ4v) is 5.75. The Morgan fingerprint density at radius 2 is 1.78 bits per heavy atom. The van der Waals surface area contributed by atoms with Crippen molar-refractivity contribution in [3.63, 3.8) is 0 Å². The highest BCUT2D eigenvalue weighted by Crippen LogP contribution is 2.33. The van der Waals surface area contributed by atoms with Crippen LogP contribution in [-0.4, -0.2) is 49.6 Å². The van der Waals surface area contributed by atoms with Crippen molar-refractivity contribution >= 4 is 5.70 Å². The van der Waals surface area contributed by atoms with Gasteiger partial charge in [-0.25, -0.2) is 0 Å². The molecule has 194 valence electrons. The smallest absolute Gasteiger partial charge is 0.119 e. The Labute approximate surface area is 219 Å². The molecule has 0 atom stereocenters. The molecule has 0 unspecified atom stereocenters. The molecule has 4 heteroatoms. The monoisotopic (exact) mass is 487 g/mol. The predicted molar refractivity (Wildman–Crippen MR) is 152 cm³/mol. The van der Waals surface area contributed by atoms with Crippen LogP contribution in [0, 0.1) is 0 Å². The zero-order valence-electron chi connectivity index (χ0n) is 22.6. The molecule has 36 heavy (non-hydrogen) atoms. The van der Waals surface area contributed by atoms with E-state index in [2.05, 4.69) is 89.6 Å². The Hall–Kier alpha value is -2.72. The van der Waals surface area contributed by atoms with Crippen molar-refractivity contribution in [3.8, 4) is 5.75 Å². The third-order valence-electron chi connectivity index (χ3n) is 7.64. The molecule has 0 bridgehead atoms. The molecule has 0 spiro atoms. The molecule has 2 aliphatic heterocycles. The van der Waals surface area contributed by atoms with Gasteiger partial charge in [-0.3, -0.25) is 0 Å². The highest BCUT2D eigenvalue weighted by atomic mass is 16.5. The van der Waals surface area contributed by atoms with E-state index in [1.165, 1.54) is 66.9 Å². The van der Waals surface area contributed by atoms with Gasteiger partial charge in [0.2, 0.25) is 0 Å². The van der Waals surface area contributed by atoms with Crippen LogP contribution in [0.1, 0.15) is 75.0 Å². The SMILES string of the molecule is C/C=C(\CCOc1cccc(/C(=C\CC)N2CCC(c3cccc(CNC)c3)CC2)c1)N1CCCC1. The van der Waals surface area contributed by atoms with Crippen LogP contribution in [0.3, 0.4) is 0 Å². The fourth-order valence-electron chi connectivity index (χ4n) is 5.75. The van der Waals surface area contributed by atoms with Crippen molar-refractivity contribution in [2.45, 2.75) is 64.8 Å². The van der Waals surface area contributed by atoms with Crippen LogP contribution in [0.25, 0.3) is 5.70 Å². The summed E-state index contributed by atoms with van der Waals surface area (Å²) in [5.41, 5.74) is 6.93. The molecule has 2 saturated heterocycles. The molecule has 2 aromatic rings. The van der Waals surface area contributed by atoms with Crippen molar-refractivity contribution in [3.05, 3.63) is 83.1 Å². The lowest BCUT2D eigenvalue weighted by molar-refractivity contribution is 0.294. The first kappa shape index (κ1) is 26.3. The maximum absolute atomic E-state index is 6.24. The quantitative estimate of drug-likeness (QED) is 0.377. The summed E-state index contributed by atoms with van der Waals surface area (Å²) >= 11 is 0. The van der Waals surface area contributed by atoms with Crippen LogP contribution in [0.5, 0.6) is 5.75 Å². The lowest BCUT2D eigenvalue weighted by Gasteiger charge is -2.36. The standard InChI is InChI=1S/C32H45N3O/c1-4-10-32(35-20-15-27(16-21-35)28-12-8-11-26(23-28)25-33-3)29-13-9-14-31(24-29)36-22-17-30(5-2)34-18-6-7-19-34/h5,8-14,23-24,27,33H,4,6-7,15-22,25H2,1-3H3/b30-5+,32-10+. The van der Waals surface area contributed by atoms with Crippen LogP contribution in [0.4, 0.5) is 0 Å². The van der Waals surface area contributed by atoms with E-state index in [1.54, 1.807) is 0 Å². The van der Waals surface area contributed by atoms with Gasteiger partial charge in [0, 0.05) is 56.1 Å². The van der Waals surface area contributed by atoms with Crippen LogP contribution < -0.4 is 10.1 Å². The third-order valence-corrected chi connectivity index (χ3v) is 7.64. The minimum atomic E-state index is 0.645. The number of nitrogens with one attached hydrogen (secondary N) is 1. The Balaban J connectivity index is 1.36. The Morgan fingerprint density at radius 1 is 1.00 bits per heavy atom. The van der Waals surface area contributed by atoms with Gasteiger partial charge in [0.1, 0.15) is 5.75 Å². The number of allylic oxidation sites excluding steroid dienone is 2. The average Bonchev–Trinajstić information content (AvgIpc) is 3.45. The van der Waals surface area contributed by atoms with Gasteiger partial charge in [0.05, 0.1) is 6.61 Å². The van der Waals surface area contributed by atoms with Crippen molar-refractivity contribution in [1.29, 1.82) is 0 Å². The molecule has 4 rings (SSSR count). The van der Waals surface area contributed by atoms with E-state index in [4.69, 9.17) is 4.74 Å². The second kappa shape index (κ2) is 13.5. The molecule has 2 aromatic carbocycles. The number of benzene rings is 2. The van der Waals surface area contributed by atoms with Gasteiger partial charge in [-0.2, -0.15) is 0 Å². The number of ether oxygens (including phenoxy) is 1. The largest absolute Gasteiger partial charge is 0.493 e. The van der Waals surface area contributed by atoms with E-state index in [1.807, 2.05) is 7.05 Å². The third kappa shape index (κ3) is 6.94. The van der Waals surface area contributed by atoms with E-state index in [-0.39, 0.29) is 0 Å². The number of hydrogen-bond donors (Lipinski definition) is 1. The summed E-state index contributed by atoms with van der Waals surface area (Å²) < 4.78 is 6.24. The van der Waals surface area contributed by atoms with Gasteiger partial charge in [0.15, 0.2) is 0 Å². The predicted octanol–water partition coefficient (Wildman–Crippen LogP) is 6.81. The highest BCUT2D eigenvalue weighted by Gasteiger charge is 2.23. The first-order chi connectivity index (χ1) is 17.7. The number of piperidine rings is 1. The van der Waals surface area contributed by atoms with Crippen molar-refractivity contribution in [2.24, 2.45) is 0 Å². The van der Waals surface area contributed by atoms with E-state index < -0.39 is 0 Å². The first-order valence-corrected chi connectivity index (χ1v) is 14.0. The van der Waals surface area contributed by atoms with E-state index >= 15 is 0 Å². The minimum Gasteiger partial charge on any atom is -0.493 e. The van der Waals surface area contributed by atoms with Crippen LogP contribution in [0.2, 0.25) is 0 Å². The lowest BCUT2D eigenvalue weighted by Crippen LogP contribution is -2.31. The maximum atomic E-state index is 6.24. The summed E-state index contributed by atoms with van der Waals surface area (Å²) in [6.07, 6.45) is 11.7. The van der Waals surface area contributed by atoms with E-state index in [0.717, 1.165) is 44.8 Å². The van der Waals surface area contributed by atoms with Crippen molar-refractivity contribution < 1.29 is 4.74 Å². The number of hydrogen-bond acceptors (Lipinski definition) is 4. The number of rotatable bonds is 11. The molecular weight excluding hydrogens is 442 g/mol. The van der Waals surface area contributed by atoms with Gasteiger partial charge >= 0.3 is 0 Å². The molecule has 2 aliphatic rings. The minimum absolute atomic E-state index is 0.645. The zero-order chi connectivity index (χ0) is 25.2. The fraction of sp³-hybridized carbons (Fsp3) is 0.500. The van der Waals surface area contributed by atoms with Crippen molar-refractivity contribution in [1.82, 2.24) is 15.1 Å². The molecule has 2 fully saturated rings. The second-order valence-corrected chi connectivity index (χ2v) is 10.1. The molecule has 0 aliphatic carbocycles. The summed E-state index contributed by atoms with van der Waals surface area (Å²) in [6, 6.07) is 17.9. The van der Waals surface area contributed by atoms with E-state index in [9.17, 15) is 0 Å². The van der Waals surface area contributed by atoms with Crippen LogP contribution in [0.15, 0.2) is 66.4 Å². The second-order valence-electron chi connectivity index (χ2n) is 10.1. The van der Waals surface area contributed by atoms with Crippen LogP contribution >= 0.6 is 0 Å². The summed E-state index contributed by atoms with van der Waals surface area (Å²) in [5.74, 6) is 1.62. The first-order valence-electron chi connectivity index (χ1n) is 14.0. The molecule has 0 aromatic heterocycles. The summed E-state index contributed by atoms with van der Waals surface area (Å²) in [7, 11) is 2.01. The Morgan fingerprint density at radius 3 is 2.50 bits per heavy atom. The topological polar surface area (TPSA) is 27.7 Å². The summed E-state index contributed by atoms with van der Waals surface area (Å²) in [6.45, 7) is 10.6. The summed E-state index contributed by atoms with van der Waals surface area (Å²) in [5, 5.41) is 3.28. The molecule has 0 radical (unpaired) electrons. The van der Waals surface area contributed by atoms with Crippen LogP contribution in [-0.2, 0) is 6.54 Å². The highest BCUT2D eigenvalue weighted by molar-refractivity contribution is 5.65. The molecule has 0 amide bonds. The number of nitrogens with zero attached hydrogens (tertiary/aromatic N) is 2. The molecule has 4 nitrogen and oxygen atoms in total. The molecule has 2 heterocycles. The van der Waals surface area contributed by atoms with Crippen molar-refractivity contribution in [2.75, 3.05) is 39.8 Å². The van der Waals surface area contributed by atoms with Gasteiger partial charge in [-0.15, -0.1) is 0 Å². The summed E-state index contributed by atoms with van der Waals surface area (Å²) in [4.78, 5) is 5.10. The van der Waals surface area contributed by atoms with Gasteiger partial charge in [-0.1, -0.05) is 55.5 Å².